The highest BCUT2D eigenvalue weighted by atomic mass is 35.5. The molecule has 1 unspecified atom stereocenters. The lowest BCUT2D eigenvalue weighted by Crippen LogP contribution is -2.64. The Bertz CT molecular complexity index is 916. The van der Waals surface area contributed by atoms with E-state index in [4.69, 9.17) is 11.6 Å². The zero-order valence-corrected chi connectivity index (χ0v) is 14.3. The molecule has 1 amide bonds. The van der Waals surface area contributed by atoms with Gasteiger partial charge in [0.15, 0.2) is 0 Å². The number of halogens is 3. The third kappa shape index (κ3) is 2.72. The van der Waals surface area contributed by atoms with Gasteiger partial charge in [-0.3, -0.25) is 4.79 Å². The zero-order valence-electron chi connectivity index (χ0n) is 13.6. The molecule has 9 heteroatoms. The number of nitriles is 1. The number of amides is 1. The number of carbonyl (C=O) groups excluding carboxylic acids is 1. The van der Waals surface area contributed by atoms with E-state index in [0.717, 1.165) is 5.56 Å². The van der Waals surface area contributed by atoms with E-state index in [9.17, 15) is 18.8 Å². The Labute approximate surface area is 153 Å². The summed E-state index contributed by atoms with van der Waals surface area (Å²) >= 11 is 5.81. The molecule has 2 aromatic rings. The molecule has 1 saturated heterocycles. The minimum absolute atomic E-state index is 0.132. The fourth-order valence-electron chi connectivity index (χ4n) is 3.37. The molecular weight excluding hydrogens is 364 g/mol. The first-order chi connectivity index (χ1) is 12.3. The van der Waals surface area contributed by atoms with Gasteiger partial charge in [-0.1, -0.05) is 0 Å². The van der Waals surface area contributed by atoms with Crippen LogP contribution < -0.4 is 0 Å². The fraction of sp³-hybridized carbons (Fsp3) is 0.412. The molecule has 134 valence electrons. The average Bonchev–Trinajstić information content (AvgIpc) is 2.97. The summed E-state index contributed by atoms with van der Waals surface area (Å²) in [6.07, 6.45) is 4.97. The highest BCUT2D eigenvalue weighted by Gasteiger charge is 2.64. The summed E-state index contributed by atoms with van der Waals surface area (Å²) in [7, 11) is 0. The van der Waals surface area contributed by atoms with Crippen LogP contribution in [0, 0.1) is 17.2 Å². The third-order valence-electron chi connectivity index (χ3n) is 4.98. The predicted octanol–water partition coefficient (Wildman–Crippen LogP) is 2.70. The van der Waals surface area contributed by atoms with Gasteiger partial charge in [0, 0.05) is 43.7 Å². The largest absolute Gasteiger partial charge is 0.343 e. The molecule has 1 aliphatic carbocycles. The first-order valence-corrected chi connectivity index (χ1v) is 8.43. The van der Waals surface area contributed by atoms with E-state index in [0.29, 0.717) is 5.69 Å². The van der Waals surface area contributed by atoms with Gasteiger partial charge in [-0.2, -0.15) is 5.26 Å². The normalized spacial score (nSPS) is 22.4. The molecule has 1 saturated carbocycles. The van der Waals surface area contributed by atoms with E-state index in [-0.39, 0.29) is 31.2 Å². The van der Waals surface area contributed by atoms with Crippen molar-refractivity contribution >= 4 is 17.5 Å². The maximum Gasteiger partial charge on any atom is 0.260 e. The molecule has 2 fully saturated rings. The lowest BCUT2D eigenvalue weighted by molar-refractivity contribution is -0.145. The van der Waals surface area contributed by atoms with Gasteiger partial charge < -0.3 is 9.47 Å². The van der Waals surface area contributed by atoms with Crippen LogP contribution in [0.25, 0.3) is 11.3 Å². The van der Waals surface area contributed by atoms with Crippen molar-refractivity contribution in [1.29, 1.82) is 5.26 Å². The monoisotopic (exact) mass is 377 g/mol. The molecule has 0 aromatic carbocycles. The van der Waals surface area contributed by atoms with E-state index in [1.165, 1.54) is 4.90 Å². The molecule has 1 aliphatic heterocycles. The van der Waals surface area contributed by atoms with Crippen molar-refractivity contribution in [3.63, 3.8) is 0 Å². The van der Waals surface area contributed by atoms with Crippen LogP contribution in [0.3, 0.4) is 0 Å². The van der Waals surface area contributed by atoms with Gasteiger partial charge in [0.1, 0.15) is 5.92 Å². The Morgan fingerprint density at radius 2 is 2.15 bits per heavy atom. The number of hydrogen-bond acceptors (Lipinski definition) is 4. The number of aromatic nitrogens is 3. The van der Waals surface area contributed by atoms with Gasteiger partial charge >= 0.3 is 0 Å². The van der Waals surface area contributed by atoms with Crippen molar-refractivity contribution in [1.82, 2.24) is 19.4 Å². The van der Waals surface area contributed by atoms with Crippen molar-refractivity contribution in [2.75, 3.05) is 13.1 Å². The predicted molar refractivity (Wildman–Crippen MR) is 88.3 cm³/mol. The van der Waals surface area contributed by atoms with Crippen molar-refractivity contribution in [2.24, 2.45) is 5.92 Å². The minimum Gasteiger partial charge on any atom is -0.343 e. The molecule has 0 spiro atoms. The number of rotatable bonds is 4. The fourth-order valence-corrected chi connectivity index (χ4v) is 3.52. The number of likely N-dealkylation sites (tertiary alicyclic amines) is 1. The van der Waals surface area contributed by atoms with E-state index in [2.05, 4.69) is 16.0 Å². The average molecular weight is 378 g/mol. The van der Waals surface area contributed by atoms with Crippen LogP contribution >= 0.6 is 11.6 Å². The Morgan fingerprint density at radius 1 is 1.42 bits per heavy atom. The second-order valence-corrected chi connectivity index (χ2v) is 7.13. The van der Waals surface area contributed by atoms with Crippen LogP contribution in [0.1, 0.15) is 12.8 Å². The van der Waals surface area contributed by atoms with Crippen molar-refractivity contribution in [3.8, 4) is 17.3 Å². The number of nitrogens with zero attached hydrogens (tertiary/aromatic N) is 5. The van der Waals surface area contributed by atoms with E-state index >= 15 is 0 Å². The lowest BCUT2D eigenvalue weighted by atomic mass is 9.86. The van der Waals surface area contributed by atoms with Gasteiger partial charge in [-0.25, -0.2) is 18.7 Å². The van der Waals surface area contributed by atoms with Crippen molar-refractivity contribution in [3.05, 3.63) is 36.0 Å². The van der Waals surface area contributed by atoms with Crippen LogP contribution in [0.15, 0.2) is 30.7 Å². The Morgan fingerprint density at radius 3 is 2.77 bits per heavy atom. The first kappa shape index (κ1) is 16.9. The molecular formula is C17H14ClF2N5O. The summed E-state index contributed by atoms with van der Waals surface area (Å²) in [5.41, 5.74) is 0.828. The number of alkyl halides is 2. The Hall–Kier alpha value is -2.53. The molecule has 3 heterocycles. The molecule has 26 heavy (non-hydrogen) atoms. The highest BCUT2D eigenvalue weighted by molar-refractivity contribution is 6.28. The molecule has 0 radical (unpaired) electrons. The van der Waals surface area contributed by atoms with E-state index in [1.807, 2.05) is 16.8 Å². The molecule has 6 nitrogen and oxygen atoms in total. The van der Waals surface area contributed by atoms with Crippen molar-refractivity contribution < 1.29 is 13.6 Å². The second kappa shape index (κ2) is 5.74. The van der Waals surface area contributed by atoms with Crippen LogP contribution in [-0.4, -0.2) is 44.4 Å². The quantitative estimate of drug-likeness (QED) is 0.768. The standard InChI is InChI=1S/C17H14ClF2N5O/c18-15-22-5-1-13(23-15)11-2-6-25(8-11)16(3-4-21)9-24(10-16)14(26)12-7-17(12,19)20/h1-2,5-6,8,12H,3,7,9-10H2. The minimum atomic E-state index is -2.88. The van der Waals surface area contributed by atoms with Gasteiger partial charge in [0.25, 0.3) is 5.92 Å². The molecule has 4 rings (SSSR count). The Kier molecular flexibility index (Phi) is 3.74. The third-order valence-corrected chi connectivity index (χ3v) is 5.16. The maximum absolute atomic E-state index is 13.1. The maximum atomic E-state index is 13.1. The molecule has 1 atom stereocenters. The van der Waals surface area contributed by atoms with Crippen LogP contribution in [0.4, 0.5) is 8.78 Å². The van der Waals surface area contributed by atoms with E-state index in [1.54, 1.807) is 18.5 Å². The Balaban J connectivity index is 1.54. The van der Waals surface area contributed by atoms with Gasteiger partial charge in [-0.15, -0.1) is 0 Å². The number of carbonyl (C=O) groups is 1. The summed E-state index contributed by atoms with van der Waals surface area (Å²) in [5, 5.41) is 9.33. The summed E-state index contributed by atoms with van der Waals surface area (Å²) in [6.45, 7) is 0.481. The smallest absolute Gasteiger partial charge is 0.260 e. The summed E-state index contributed by atoms with van der Waals surface area (Å²) < 4.78 is 28.1. The second-order valence-electron chi connectivity index (χ2n) is 6.79. The molecule has 0 bridgehead atoms. The van der Waals surface area contributed by atoms with E-state index < -0.39 is 23.3 Å². The summed E-state index contributed by atoms with van der Waals surface area (Å²) in [5.74, 6) is -4.61. The van der Waals surface area contributed by atoms with Crippen LogP contribution in [-0.2, 0) is 10.3 Å². The highest BCUT2D eigenvalue weighted by Crippen LogP contribution is 2.51. The summed E-state index contributed by atoms with van der Waals surface area (Å²) in [4.78, 5) is 21.5. The summed E-state index contributed by atoms with van der Waals surface area (Å²) in [6, 6.07) is 5.68. The van der Waals surface area contributed by atoms with Gasteiger partial charge in [-0.05, 0) is 23.7 Å². The SMILES string of the molecule is N#CCC1(n2ccc(-c3ccnc(Cl)n3)c2)CN(C(=O)C2CC2(F)F)C1. The van der Waals surface area contributed by atoms with Crippen LogP contribution in [0.2, 0.25) is 5.28 Å². The first-order valence-electron chi connectivity index (χ1n) is 8.06. The molecule has 2 aliphatic rings. The zero-order chi connectivity index (χ0) is 18.5. The number of hydrogen-bond donors (Lipinski definition) is 0. The topological polar surface area (TPSA) is 74.8 Å². The van der Waals surface area contributed by atoms with Crippen LogP contribution in [0.5, 0.6) is 0 Å². The van der Waals surface area contributed by atoms with Crippen molar-refractivity contribution in [2.45, 2.75) is 24.3 Å². The molecule has 2 aromatic heterocycles. The molecule has 0 N–H and O–H groups in total. The van der Waals surface area contributed by atoms with Gasteiger partial charge in [0.05, 0.1) is 23.7 Å². The van der Waals surface area contributed by atoms with Gasteiger partial charge in [0.2, 0.25) is 11.2 Å². The lowest BCUT2D eigenvalue weighted by Gasteiger charge is -2.50.